The molecule has 1 atom stereocenters. The van der Waals surface area contributed by atoms with Gasteiger partial charge in [0.2, 0.25) is 0 Å². The van der Waals surface area contributed by atoms with Gasteiger partial charge in [0.1, 0.15) is 0 Å². The van der Waals surface area contributed by atoms with E-state index in [2.05, 4.69) is 15.7 Å². The highest BCUT2D eigenvalue weighted by Gasteiger charge is 2.16. The van der Waals surface area contributed by atoms with Crippen LogP contribution in [0.2, 0.25) is 0 Å². The third kappa shape index (κ3) is 4.10. The Morgan fingerprint density at radius 1 is 1.39 bits per heavy atom. The number of carbonyl (C=O) groups is 1. The first-order valence-corrected chi connectivity index (χ1v) is 7.98. The van der Waals surface area contributed by atoms with Crippen LogP contribution in [0.15, 0.2) is 36.5 Å². The number of ether oxygens (including phenoxy) is 1. The van der Waals surface area contributed by atoms with Crippen LogP contribution in [-0.4, -0.2) is 35.1 Å². The molecule has 0 spiro atoms. The van der Waals surface area contributed by atoms with Crippen LogP contribution in [0.3, 0.4) is 0 Å². The van der Waals surface area contributed by atoms with E-state index in [-0.39, 0.29) is 12.1 Å². The summed E-state index contributed by atoms with van der Waals surface area (Å²) in [6, 6.07) is 9.65. The predicted molar refractivity (Wildman–Crippen MR) is 89.3 cm³/mol. The van der Waals surface area contributed by atoms with E-state index in [0.29, 0.717) is 12.4 Å². The lowest BCUT2D eigenvalue weighted by molar-refractivity contribution is 0.105. The van der Waals surface area contributed by atoms with Gasteiger partial charge in [0, 0.05) is 32.0 Å². The van der Waals surface area contributed by atoms with E-state index in [1.54, 1.807) is 4.68 Å². The molecule has 1 saturated heterocycles. The van der Waals surface area contributed by atoms with E-state index in [1.807, 2.05) is 43.6 Å². The Kier molecular flexibility index (Phi) is 4.92. The largest absolute Gasteiger partial charge is 0.378 e. The van der Waals surface area contributed by atoms with Crippen molar-refractivity contribution in [3.05, 3.63) is 36.5 Å². The molecule has 0 aliphatic carbocycles. The fourth-order valence-corrected chi connectivity index (χ4v) is 2.78. The fourth-order valence-electron chi connectivity index (χ4n) is 2.78. The Morgan fingerprint density at radius 2 is 2.22 bits per heavy atom. The molecular formula is C17H22N4O2. The third-order valence-electron chi connectivity index (χ3n) is 3.92. The standard InChI is InChI=1S/C17H22N4O2/c1-21-12-15(13-6-3-2-4-7-13)16(20-21)19-17(22)18-10-9-14-8-5-11-23-14/h2-4,6-7,12,14H,5,8-11H2,1H3,(H2,18,19,20,22)/t14-/m1/s1. The summed E-state index contributed by atoms with van der Waals surface area (Å²) >= 11 is 0. The number of aromatic nitrogens is 2. The van der Waals surface area contributed by atoms with Crippen molar-refractivity contribution in [3.63, 3.8) is 0 Å². The molecule has 3 rings (SSSR count). The van der Waals surface area contributed by atoms with Gasteiger partial charge < -0.3 is 10.1 Å². The molecule has 23 heavy (non-hydrogen) atoms. The van der Waals surface area contributed by atoms with Crippen LogP contribution in [0, 0.1) is 0 Å². The number of hydrogen-bond donors (Lipinski definition) is 2. The molecule has 2 amide bonds. The van der Waals surface area contributed by atoms with Crippen LogP contribution in [0.25, 0.3) is 11.1 Å². The maximum absolute atomic E-state index is 12.1. The summed E-state index contributed by atoms with van der Waals surface area (Å²) in [6.07, 6.45) is 5.23. The maximum Gasteiger partial charge on any atom is 0.320 e. The Hall–Kier alpha value is -2.34. The molecule has 2 N–H and O–H groups in total. The maximum atomic E-state index is 12.1. The minimum absolute atomic E-state index is 0.237. The molecule has 0 radical (unpaired) electrons. The van der Waals surface area contributed by atoms with Gasteiger partial charge in [-0.2, -0.15) is 5.10 Å². The van der Waals surface area contributed by atoms with Gasteiger partial charge in [0.15, 0.2) is 5.82 Å². The second-order valence-corrected chi connectivity index (χ2v) is 5.74. The molecule has 0 unspecified atom stereocenters. The number of aryl methyl sites for hydroxylation is 1. The quantitative estimate of drug-likeness (QED) is 0.891. The van der Waals surface area contributed by atoms with E-state index in [0.717, 1.165) is 37.0 Å². The van der Waals surface area contributed by atoms with Crippen LogP contribution in [0.1, 0.15) is 19.3 Å². The first-order valence-electron chi connectivity index (χ1n) is 7.98. The topological polar surface area (TPSA) is 68.2 Å². The molecule has 1 aromatic heterocycles. The summed E-state index contributed by atoms with van der Waals surface area (Å²) in [4.78, 5) is 12.1. The zero-order valence-electron chi connectivity index (χ0n) is 13.3. The molecule has 6 nitrogen and oxygen atoms in total. The van der Waals surface area contributed by atoms with Crippen molar-refractivity contribution in [1.29, 1.82) is 0 Å². The molecule has 6 heteroatoms. The highest BCUT2D eigenvalue weighted by Crippen LogP contribution is 2.26. The summed E-state index contributed by atoms with van der Waals surface area (Å²) in [6.45, 7) is 1.44. The summed E-state index contributed by atoms with van der Waals surface area (Å²) < 4.78 is 7.24. The molecule has 1 aliphatic heterocycles. The minimum atomic E-state index is -0.237. The monoisotopic (exact) mass is 314 g/mol. The third-order valence-corrected chi connectivity index (χ3v) is 3.92. The first kappa shape index (κ1) is 15.6. The number of nitrogens with one attached hydrogen (secondary N) is 2. The predicted octanol–water partition coefficient (Wildman–Crippen LogP) is 2.78. The van der Waals surface area contributed by atoms with Gasteiger partial charge in [-0.1, -0.05) is 30.3 Å². The number of urea groups is 1. The van der Waals surface area contributed by atoms with Crippen molar-refractivity contribution >= 4 is 11.8 Å². The van der Waals surface area contributed by atoms with Gasteiger partial charge in [0.25, 0.3) is 0 Å². The van der Waals surface area contributed by atoms with Gasteiger partial charge >= 0.3 is 6.03 Å². The molecule has 0 saturated carbocycles. The SMILES string of the molecule is Cn1cc(-c2ccccc2)c(NC(=O)NCC[C@H]2CCCO2)n1. The van der Waals surface area contributed by atoms with Crippen LogP contribution in [0.5, 0.6) is 0 Å². The van der Waals surface area contributed by atoms with E-state index >= 15 is 0 Å². The Bertz CT molecular complexity index is 648. The van der Waals surface area contributed by atoms with E-state index < -0.39 is 0 Å². The second kappa shape index (κ2) is 7.28. The number of amides is 2. The summed E-state index contributed by atoms with van der Waals surface area (Å²) in [7, 11) is 1.84. The highest BCUT2D eigenvalue weighted by molar-refractivity contribution is 5.92. The smallest absolute Gasteiger partial charge is 0.320 e. The number of nitrogens with zero attached hydrogens (tertiary/aromatic N) is 2. The van der Waals surface area contributed by atoms with Crippen molar-refractivity contribution in [2.24, 2.45) is 7.05 Å². The first-order chi connectivity index (χ1) is 11.2. The molecule has 2 aromatic rings. The van der Waals surface area contributed by atoms with Crippen LogP contribution >= 0.6 is 0 Å². The summed E-state index contributed by atoms with van der Waals surface area (Å²) in [5.74, 6) is 0.563. The van der Waals surface area contributed by atoms with Crippen LogP contribution < -0.4 is 10.6 Å². The Morgan fingerprint density at radius 3 is 2.96 bits per heavy atom. The van der Waals surface area contributed by atoms with Gasteiger partial charge in [0.05, 0.1) is 6.10 Å². The van der Waals surface area contributed by atoms with Crippen LogP contribution in [0.4, 0.5) is 10.6 Å². The van der Waals surface area contributed by atoms with E-state index in [1.165, 1.54) is 0 Å². The zero-order valence-corrected chi connectivity index (χ0v) is 13.3. The van der Waals surface area contributed by atoms with Gasteiger partial charge in [-0.15, -0.1) is 0 Å². The lowest BCUT2D eigenvalue weighted by atomic mass is 10.1. The van der Waals surface area contributed by atoms with Crippen molar-refractivity contribution in [2.45, 2.75) is 25.4 Å². The molecule has 2 heterocycles. The number of anilines is 1. The van der Waals surface area contributed by atoms with Crippen molar-refractivity contribution in [1.82, 2.24) is 15.1 Å². The summed E-state index contributed by atoms with van der Waals surface area (Å²) in [5, 5.41) is 10.0. The summed E-state index contributed by atoms with van der Waals surface area (Å²) in [5.41, 5.74) is 1.93. The lowest BCUT2D eigenvalue weighted by Crippen LogP contribution is -2.31. The fraction of sp³-hybridized carbons (Fsp3) is 0.412. The Labute approximate surface area is 135 Å². The minimum Gasteiger partial charge on any atom is -0.378 e. The number of rotatable bonds is 5. The molecule has 1 aromatic carbocycles. The van der Waals surface area contributed by atoms with Crippen molar-refractivity contribution < 1.29 is 9.53 Å². The van der Waals surface area contributed by atoms with Crippen molar-refractivity contribution in [3.8, 4) is 11.1 Å². The molecule has 122 valence electrons. The zero-order chi connectivity index (χ0) is 16.1. The molecule has 0 bridgehead atoms. The molecule has 1 aliphatic rings. The number of carbonyl (C=O) groups excluding carboxylic acids is 1. The van der Waals surface area contributed by atoms with Gasteiger partial charge in [-0.3, -0.25) is 10.00 Å². The number of hydrogen-bond acceptors (Lipinski definition) is 3. The highest BCUT2D eigenvalue weighted by atomic mass is 16.5. The molecular weight excluding hydrogens is 292 g/mol. The van der Waals surface area contributed by atoms with Gasteiger partial charge in [-0.05, 0) is 24.8 Å². The number of benzene rings is 1. The van der Waals surface area contributed by atoms with Crippen molar-refractivity contribution in [2.75, 3.05) is 18.5 Å². The second-order valence-electron chi connectivity index (χ2n) is 5.74. The Balaban J connectivity index is 1.58. The average Bonchev–Trinajstić information content (AvgIpc) is 3.18. The van der Waals surface area contributed by atoms with Crippen LogP contribution in [-0.2, 0) is 11.8 Å². The van der Waals surface area contributed by atoms with E-state index in [9.17, 15) is 4.79 Å². The lowest BCUT2D eigenvalue weighted by Gasteiger charge is -2.10. The average molecular weight is 314 g/mol. The van der Waals surface area contributed by atoms with E-state index in [4.69, 9.17) is 4.74 Å². The normalized spacial score (nSPS) is 17.2. The molecule has 1 fully saturated rings. The van der Waals surface area contributed by atoms with Gasteiger partial charge in [-0.25, -0.2) is 4.79 Å².